The molecule has 0 bridgehead atoms. The zero-order valence-electron chi connectivity index (χ0n) is 12.7. The molecular formula is C18H17FN2OS. The van der Waals surface area contributed by atoms with Crippen LogP contribution in [-0.4, -0.2) is 10.9 Å². The Bertz CT molecular complexity index is 784. The lowest BCUT2D eigenvalue weighted by Gasteiger charge is -2.18. The van der Waals surface area contributed by atoms with Crippen molar-refractivity contribution in [2.24, 2.45) is 0 Å². The number of benzene rings is 1. The molecule has 1 aliphatic heterocycles. The number of pyridine rings is 1. The Morgan fingerprint density at radius 1 is 1.26 bits per heavy atom. The minimum atomic E-state index is -0.768. The van der Waals surface area contributed by atoms with Crippen molar-refractivity contribution in [1.82, 2.24) is 10.3 Å². The molecule has 0 saturated carbocycles. The van der Waals surface area contributed by atoms with E-state index < -0.39 is 10.9 Å². The second-order valence-electron chi connectivity index (χ2n) is 5.25. The van der Waals surface area contributed by atoms with E-state index in [9.17, 15) is 9.18 Å². The van der Waals surface area contributed by atoms with Crippen molar-refractivity contribution >= 4 is 16.8 Å². The number of aryl methyl sites for hydroxylation is 1. The summed E-state index contributed by atoms with van der Waals surface area (Å²) in [5.41, 5.74) is 1.70. The first kappa shape index (κ1) is 15.5. The summed E-state index contributed by atoms with van der Waals surface area (Å²) >= 11 is 0. The van der Waals surface area contributed by atoms with E-state index in [1.165, 1.54) is 23.9 Å². The van der Waals surface area contributed by atoms with E-state index in [0.29, 0.717) is 5.69 Å². The molecule has 0 radical (unpaired) electrons. The highest BCUT2D eigenvalue weighted by Crippen LogP contribution is 2.48. The zero-order valence-corrected chi connectivity index (χ0v) is 13.6. The van der Waals surface area contributed by atoms with E-state index in [-0.39, 0.29) is 18.3 Å². The average molecular weight is 328 g/mol. The molecule has 3 rings (SSSR count). The smallest absolute Gasteiger partial charge is 0.256 e. The van der Waals surface area contributed by atoms with Crippen LogP contribution in [0.4, 0.5) is 4.39 Å². The molecule has 1 N–H and O–H groups in total. The molecule has 0 aliphatic carbocycles. The second-order valence-corrected chi connectivity index (χ2v) is 7.28. The Hall–Kier alpha value is -2.40. The van der Waals surface area contributed by atoms with E-state index in [1.54, 1.807) is 0 Å². The molecule has 0 spiro atoms. The molecule has 1 atom stereocenters. The lowest BCUT2D eigenvalue weighted by molar-refractivity contribution is -0.117. The lowest BCUT2D eigenvalue weighted by Crippen LogP contribution is -2.24. The summed E-state index contributed by atoms with van der Waals surface area (Å²) in [5, 5.41) is 4.88. The van der Waals surface area contributed by atoms with Gasteiger partial charge in [0.2, 0.25) is 0 Å². The summed E-state index contributed by atoms with van der Waals surface area (Å²) in [6.45, 7) is 2.25. The fraction of sp³-hybridized carbons (Fsp3) is 0.111. The standard InChI is InChI=1S/C18H17FN2OS/c1-13-4-6-16(7-5-13)23-10-2-3-17(23)18(22)21-12-15-11-14(19)8-9-20-15/h2-11,23H,12H2,1H3,(H,21,22). The van der Waals surface area contributed by atoms with Crippen LogP contribution < -0.4 is 5.32 Å². The average Bonchev–Trinajstić information content (AvgIpc) is 3.03. The molecule has 1 aliphatic rings. The van der Waals surface area contributed by atoms with E-state index in [4.69, 9.17) is 0 Å². The first-order chi connectivity index (χ1) is 11.1. The zero-order chi connectivity index (χ0) is 16.2. The van der Waals surface area contributed by atoms with Gasteiger partial charge in [0, 0.05) is 6.20 Å². The van der Waals surface area contributed by atoms with Gasteiger partial charge in [-0.15, -0.1) is 0 Å². The van der Waals surface area contributed by atoms with Crippen LogP contribution in [0.3, 0.4) is 0 Å². The maximum absolute atomic E-state index is 13.1. The molecule has 2 aromatic rings. The summed E-state index contributed by atoms with van der Waals surface area (Å²) in [7, 11) is -0.768. The third-order valence-electron chi connectivity index (χ3n) is 3.50. The number of rotatable bonds is 4. The Balaban J connectivity index is 1.68. The quantitative estimate of drug-likeness (QED) is 0.842. The van der Waals surface area contributed by atoms with Crippen molar-refractivity contribution in [1.29, 1.82) is 0 Å². The molecule has 0 saturated heterocycles. The number of thiol groups is 1. The highest BCUT2D eigenvalue weighted by Gasteiger charge is 2.19. The molecule has 1 aromatic heterocycles. The first-order valence-corrected chi connectivity index (χ1v) is 8.67. The van der Waals surface area contributed by atoms with Crippen molar-refractivity contribution in [2.75, 3.05) is 0 Å². The lowest BCUT2D eigenvalue weighted by atomic mass is 10.2. The van der Waals surface area contributed by atoms with E-state index in [1.807, 2.05) is 19.1 Å². The van der Waals surface area contributed by atoms with Gasteiger partial charge in [0.05, 0.1) is 17.1 Å². The van der Waals surface area contributed by atoms with Gasteiger partial charge in [0.25, 0.3) is 5.91 Å². The minimum absolute atomic E-state index is 0.132. The molecule has 5 heteroatoms. The van der Waals surface area contributed by atoms with Crippen molar-refractivity contribution in [3.8, 4) is 0 Å². The monoisotopic (exact) mass is 328 g/mol. The molecule has 1 aromatic carbocycles. The topological polar surface area (TPSA) is 42.0 Å². The van der Waals surface area contributed by atoms with Crippen LogP contribution in [0.15, 0.2) is 70.0 Å². The largest absolute Gasteiger partial charge is 0.346 e. The number of hydrogen-bond donors (Lipinski definition) is 2. The van der Waals surface area contributed by atoms with Crippen LogP contribution in [0.2, 0.25) is 0 Å². The Morgan fingerprint density at radius 3 is 2.78 bits per heavy atom. The highest BCUT2D eigenvalue weighted by molar-refractivity contribution is 8.23. The Kier molecular flexibility index (Phi) is 4.57. The molecule has 1 unspecified atom stereocenters. The molecule has 118 valence electrons. The number of nitrogens with one attached hydrogen (secondary N) is 1. The summed E-state index contributed by atoms with van der Waals surface area (Å²) in [5.74, 6) is -0.486. The number of carbonyl (C=O) groups excluding carboxylic acids is 1. The van der Waals surface area contributed by atoms with E-state index >= 15 is 0 Å². The third-order valence-corrected chi connectivity index (χ3v) is 5.70. The van der Waals surface area contributed by atoms with E-state index in [2.05, 4.69) is 40.0 Å². The van der Waals surface area contributed by atoms with Crippen molar-refractivity contribution in [2.45, 2.75) is 18.4 Å². The van der Waals surface area contributed by atoms with Crippen LogP contribution in [0.1, 0.15) is 11.3 Å². The molecule has 0 fully saturated rings. The van der Waals surface area contributed by atoms with Crippen LogP contribution in [0, 0.1) is 12.7 Å². The van der Waals surface area contributed by atoms with Crippen LogP contribution in [0.5, 0.6) is 0 Å². The number of hydrogen-bond acceptors (Lipinski definition) is 2. The predicted octanol–water partition coefficient (Wildman–Crippen LogP) is 3.62. The molecule has 2 heterocycles. The van der Waals surface area contributed by atoms with E-state index in [0.717, 1.165) is 9.80 Å². The van der Waals surface area contributed by atoms with Gasteiger partial charge in [0.15, 0.2) is 0 Å². The maximum atomic E-state index is 13.1. The third kappa shape index (κ3) is 3.68. The number of allylic oxidation sites excluding steroid dienone is 2. The number of carbonyl (C=O) groups is 1. The Morgan fingerprint density at radius 2 is 2.04 bits per heavy atom. The molecule has 1 amide bonds. The second kappa shape index (κ2) is 6.79. The van der Waals surface area contributed by atoms with Gasteiger partial charge >= 0.3 is 0 Å². The van der Waals surface area contributed by atoms with Gasteiger partial charge in [-0.25, -0.2) is 4.39 Å². The van der Waals surface area contributed by atoms with Gasteiger partial charge in [-0.1, -0.05) is 23.8 Å². The van der Waals surface area contributed by atoms with Crippen molar-refractivity contribution < 1.29 is 9.18 Å². The summed E-state index contributed by atoms with van der Waals surface area (Å²) < 4.78 is 13.1. The summed E-state index contributed by atoms with van der Waals surface area (Å²) in [4.78, 5) is 18.4. The van der Waals surface area contributed by atoms with Gasteiger partial charge < -0.3 is 5.32 Å². The fourth-order valence-corrected chi connectivity index (χ4v) is 4.19. The molecule has 3 nitrogen and oxygen atoms in total. The van der Waals surface area contributed by atoms with Crippen molar-refractivity contribution in [3.63, 3.8) is 0 Å². The maximum Gasteiger partial charge on any atom is 0.256 e. The number of amides is 1. The van der Waals surface area contributed by atoms with Crippen LogP contribution >= 0.6 is 10.9 Å². The number of nitrogens with zero attached hydrogens (tertiary/aromatic N) is 1. The van der Waals surface area contributed by atoms with Crippen LogP contribution in [0.25, 0.3) is 0 Å². The Labute approximate surface area is 137 Å². The predicted molar refractivity (Wildman–Crippen MR) is 91.7 cm³/mol. The fourth-order valence-electron chi connectivity index (χ4n) is 2.30. The summed E-state index contributed by atoms with van der Waals surface area (Å²) in [6, 6.07) is 10.8. The number of halogens is 1. The summed E-state index contributed by atoms with van der Waals surface area (Å²) in [6.07, 6.45) is 5.16. The minimum Gasteiger partial charge on any atom is -0.346 e. The normalized spacial score (nSPS) is 17.8. The van der Waals surface area contributed by atoms with Gasteiger partial charge in [0.1, 0.15) is 5.82 Å². The first-order valence-electron chi connectivity index (χ1n) is 7.26. The van der Waals surface area contributed by atoms with Gasteiger partial charge in [-0.3, -0.25) is 9.78 Å². The van der Waals surface area contributed by atoms with Crippen molar-refractivity contribution in [3.05, 3.63) is 82.1 Å². The van der Waals surface area contributed by atoms with Gasteiger partial charge in [-0.2, -0.15) is 10.9 Å². The van der Waals surface area contributed by atoms with Crippen LogP contribution in [-0.2, 0) is 11.3 Å². The SMILES string of the molecule is Cc1ccc([SH]2C=CC=C2C(=O)NCc2cc(F)ccn2)cc1. The highest BCUT2D eigenvalue weighted by atomic mass is 32.2. The molecule has 23 heavy (non-hydrogen) atoms. The molecular weight excluding hydrogens is 311 g/mol. The van der Waals surface area contributed by atoms with Gasteiger partial charge in [-0.05, 0) is 47.6 Å². The number of aromatic nitrogens is 1.